The van der Waals surface area contributed by atoms with Crippen molar-refractivity contribution in [1.29, 1.82) is 0 Å². The summed E-state index contributed by atoms with van der Waals surface area (Å²) in [6.45, 7) is -1.20. The van der Waals surface area contributed by atoms with Gasteiger partial charge in [0, 0.05) is 12.7 Å². The molecule has 0 saturated heterocycles. The van der Waals surface area contributed by atoms with Crippen LogP contribution in [0.2, 0.25) is 0 Å². The molecule has 0 saturated carbocycles. The lowest BCUT2D eigenvalue weighted by Crippen LogP contribution is -2.41. The summed E-state index contributed by atoms with van der Waals surface area (Å²) in [5.74, 6) is -3.64. The monoisotopic (exact) mass is 294 g/mol. The quantitative estimate of drug-likeness (QED) is 0.837. The molecule has 3 N–H and O–H groups in total. The molecular formula is C12H17ClF2N2O2. The zero-order valence-electron chi connectivity index (χ0n) is 10.5. The van der Waals surface area contributed by atoms with Gasteiger partial charge in [0.2, 0.25) is 0 Å². The topological polar surface area (TPSA) is 64.3 Å². The second-order valence-electron chi connectivity index (χ2n) is 3.88. The van der Waals surface area contributed by atoms with Crippen molar-refractivity contribution >= 4 is 18.3 Å². The summed E-state index contributed by atoms with van der Waals surface area (Å²) in [4.78, 5) is 11.6. The summed E-state index contributed by atoms with van der Waals surface area (Å²) in [6.07, 6.45) is 0. The van der Waals surface area contributed by atoms with Crippen LogP contribution in [0, 0.1) is 0 Å². The molecule has 1 rings (SSSR count). The van der Waals surface area contributed by atoms with Crippen molar-refractivity contribution in [3.05, 3.63) is 35.4 Å². The third-order valence-corrected chi connectivity index (χ3v) is 2.31. The second kappa shape index (κ2) is 8.04. The van der Waals surface area contributed by atoms with Gasteiger partial charge < -0.3 is 15.8 Å². The number of alkyl halides is 2. The average molecular weight is 295 g/mol. The van der Waals surface area contributed by atoms with Crippen LogP contribution in [0.1, 0.15) is 15.9 Å². The van der Waals surface area contributed by atoms with Gasteiger partial charge in [0.15, 0.2) is 0 Å². The number of amides is 1. The van der Waals surface area contributed by atoms with Gasteiger partial charge in [-0.1, -0.05) is 12.1 Å². The SMILES string of the molecule is COCc1cccc(C(=O)NCC(F)(F)CN)c1.Cl. The van der Waals surface area contributed by atoms with E-state index in [1.165, 1.54) is 7.11 Å². The molecule has 4 nitrogen and oxygen atoms in total. The van der Waals surface area contributed by atoms with Crippen LogP contribution in [0.3, 0.4) is 0 Å². The summed E-state index contributed by atoms with van der Waals surface area (Å²) in [7, 11) is 1.54. The Hall–Kier alpha value is -1.24. The Balaban J connectivity index is 0.00000324. The van der Waals surface area contributed by atoms with Crippen molar-refractivity contribution < 1.29 is 18.3 Å². The molecule has 0 aliphatic carbocycles. The van der Waals surface area contributed by atoms with Gasteiger partial charge in [0.1, 0.15) is 0 Å². The lowest BCUT2D eigenvalue weighted by atomic mass is 10.1. The van der Waals surface area contributed by atoms with E-state index in [1.54, 1.807) is 24.3 Å². The number of methoxy groups -OCH3 is 1. The average Bonchev–Trinajstić information content (AvgIpc) is 2.37. The fraction of sp³-hybridized carbons (Fsp3) is 0.417. The number of benzene rings is 1. The minimum atomic E-state index is -3.08. The van der Waals surface area contributed by atoms with E-state index in [2.05, 4.69) is 5.32 Å². The van der Waals surface area contributed by atoms with Crippen molar-refractivity contribution in [2.75, 3.05) is 20.2 Å². The largest absolute Gasteiger partial charge is 0.380 e. The molecule has 1 amide bonds. The summed E-state index contributed by atoms with van der Waals surface area (Å²) >= 11 is 0. The predicted molar refractivity (Wildman–Crippen MR) is 70.7 cm³/mol. The number of hydrogen-bond acceptors (Lipinski definition) is 3. The highest BCUT2D eigenvalue weighted by atomic mass is 35.5. The van der Waals surface area contributed by atoms with Gasteiger partial charge in [-0.3, -0.25) is 4.79 Å². The van der Waals surface area contributed by atoms with Gasteiger partial charge in [-0.05, 0) is 17.7 Å². The molecule has 0 atom stereocenters. The zero-order chi connectivity index (χ0) is 13.6. The Morgan fingerprint density at radius 3 is 2.74 bits per heavy atom. The van der Waals surface area contributed by atoms with E-state index >= 15 is 0 Å². The molecule has 0 bridgehead atoms. The molecular weight excluding hydrogens is 278 g/mol. The van der Waals surface area contributed by atoms with E-state index in [0.717, 1.165) is 5.56 Å². The Morgan fingerprint density at radius 2 is 2.16 bits per heavy atom. The molecule has 0 aromatic heterocycles. The zero-order valence-corrected chi connectivity index (χ0v) is 11.3. The first kappa shape index (κ1) is 17.8. The van der Waals surface area contributed by atoms with Crippen LogP contribution in [-0.4, -0.2) is 32.0 Å². The first-order chi connectivity index (χ1) is 8.48. The highest BCUT2D eigenvalue weighted by Gasteiger charge is 2.27. The van der Waals surface area contributed by atoms with Crippen molar-refractivity contribution in [3.8, 4) is 0 Å². The summed E-state index contributed by atoms with van der Waals surface area (Å²) in [5.41, 5.74) is 6.00. The fourth-order valence-corrected chi connectivity index (χ4v) is 1.35. The Morgan fingerprint density at radius 1 is 1.47 bits per heavy atom. The number of rotatable bonds is 6. The number of hydrogen-bond donors (Lipinski definition) is 2. The van der Waals surface area contributed by atoms with E-state index in [0.29, 0.717) is 12.2 Å². The maximum Gasteiger partial charge on any atom is 0.277 e. The van der Waals surface area contributed by atoms with E-state index < -0.39 is 24.9 Å². The normalized spacial score (nSPS) is 10.7. The minimum Gasteiger partial charge on any atom is -0.380 e. The van der Waals surface area contributed by atoms with E-state index in [1.807, 2.05) is 0 Å². The Bertz CT molecular complexity index is 416. The van der Waals surface area contributed by atoms with Crippen LogP contribution in [0.5, 0.6) is 0 Å². The van der Waals surface area contributed by atoms with E-state index in [4.69, 9.17) is 10.5 Å². The highest BCUT2D eigenvalue weighted by Crippen LogP contribution is 2.10. The fourth-order valence-electron chi connectivity index (χ4n) is 1.35. The number of nitrogens with two attached hydrogens (primary N) is 1. The Labute approximate surface area is 116 Å². The highest BCUT2D eigenvalue weighted by molar-refractivity contribution is 5.94. The number of carbonyl (C=O) groups is 1. The standard InChI is InChI=1S/C12H16F2N2O2.ClH/c1-18-6-9-3-2-4-10(5-9)11(17)16-8-12(13,14)7-15;/h2-5H,6-8,15H2,1H3,(H,16,17);1H. The molecule has 0 heterocycles. The summed E-state index contributed by atoms with van der Waals surface area (Å²) in [5, 5.41) is 2.15. The van der Waals surface area contributed by atoms with Crippen LogP contribution >= 0.6 is 12.4 Å². The van der Waals surface area contributed by atoms with Gasteiger partial charge in [-0.2, -0.15) is 0 Å². The number of carbonyl (C=O) groups excluding carboxylic acids is 1. The molecule has 0 fully saturated rings. The molecule has 0 aliphatic rings. The van der Waals surface area contributed by atoms with Crippen molar-refractivity contribution in [2.45, 2.75) is 12.5 Å². The molecule has 108 valence electrons. The van der Waals surface area contributed by atoms with Crippen molar-refractivity contribution in [3.63, 3.8) is 0 Å². The van der Waals surface area contributed by atoms with Crippen molar-refractivity contribution in [1.82, 2.24) is 5.32 Å². The maximum atomic E-state index is 12.9. The second-order valence-corrected chi connectivity index (χ2v) is 3.88. The van der Waals surface area contributed by atoms with Crippen LogP contribution in [0.4, 0.5) is 8.78 Å². The molecule has 1 aromatic rings. The third-order valence-electron chi connectivity index (χ3n) is 2.31. The molecule has 0 unspecified atom stereocenters. The van der Waals surface area contributed by atoms with E-state index in [-0.39, 0.29) is 12.4 Å². The van der Waals surface area contributed by atoms with Gasteiger partial charge in [-0.25, -0.2) is 8.78 Å². The molecule has 19 heavy (non-hydrogen) atoms. The molecule has 0 radical (unpaired) electrons. The van der Waals surface area contributed by atoms with Crippen LogP contribution in [0.25, 0.3) is 0 Å². The van der Waals surface area contributed by atoms with Crippen LogP contribution in [-0.2, 0) is 11.3 Å². The molecule has 7 heteroatoms. The first-order valence-electron chi connectivity index (χ1n) is 5.42. The predicted octanol–water partition coefficient (Wildman–Crippen LogP) is 1.58. The first-order valence-corrected chi connectivity index (χ1v) is 5.42. The van der Waals surface area contributed by atoms with E-state index in [9.17, 15) is 13.6 Å². The summed E-state index contributed by atoms with van der Waals surface area (Å²) in [6, 6.07) is 6.60. The lowest BCUT2D eigenvalue weighted by molar-refractivity contribution is 0.0118. The smallest absolute Gasteiger partial charge is 0.277 e. The third kappa shape index (κ3) is 5.96. The van der Waals surface area contributed by atoms with Gasteiger partial charge in [0.25, 0.3) is 11.8 Å². The van der Waals surface area contributed by atoms with Crippen molar-refractivity contribution in [2.24, 2.45) is 5.73 Å². The molecule has 0 aliphatic heterocycles. The Kier molecular flexibility index (Phi) is 7.51. The van der Waals surface area contributed by atoms with Crippen LogP contribution < -0.4 is 11.1 Å². The van der Waals surface area contributed by atoms with Crippen LogP contribution in [0.15, 0.2) is 24.3 Å². The lowest BCUT2D eigenvalue weighted by Gasteiger charge is -2.14. The minimum absolute atomic E-state index is 0. The number of nitrogens with one attached hydrogen (secondary N) is 1. The molecule has 1 aromatic carbocycles. The summed E-state index contributed by atoms with van der Waals surface area (Å²) < 4.78 is 30.7. The number of ether oxygens (including phenoxy) is 1. The van der Waals surface area contributed by atoms with Gasteiger partial charge >= 0.3 is 0 Å². The maximum absolute atomic E-state index is 12.9. The van der Waals surface area contributed by atoms with Gasteiger partial charge in [-0.15, -0.1) is 12.4 Å². The number of halogens is 3. The molecule has 0 spiro atoms. The van der Waals surface area contributed by atoms with Gasteiger partial charge in [0.05, 0.1) is 19.7 Å².